The Morgan fingerprint density at radius 1 is 1.44 bits per heavy atom. The van der Waals surface area contributed by atoms with Crippen LogP contribution >= 0.6 is 0 Å². The van der Waals surface area contributed by atoms with Crippen molar-refractivity contribution >= 4 is 17.7 Å². The van der Waals surface area contributed by atoms with Gasteiger partial charge in [0.25, 0.3) is 5.91 Å². The number of unbranched alkanes of at least 4 members (excludes halogenated alkanes) is 1. The van der Waals surface area contributed by atoms with Crippen LogP contribution in [0, 0.1) is 5.92 Å². The molecule has 1 heterocycles. The van der Waals surface area contributed by atoms with Gasteiger partial charge in [-0.3, -0.25) is 14.4 Å². The van der Waals surface area contributed by atoms with Crippen molar-refractivity contribution in [2.24, 2.45) is 5.92 Å². The van der Waals surface area contributed by atoms with E-state index in [1.54, 1.807) is 6.92 Å². The van der Waals surface area contributed by atoms with Crippen LogP contribution in [0.1, 0.15) is 26.7 Å². The molecule has 0 aromatic carbocycles. The number of carbonyl (C=O) groups is 3. The van der Waals surface area contributed by atoms with Gasteiger partial charge in [-0.15, -0.1) is 0 Å². The van der Waals surface area contributed by atoms with Gasteiger partial charge in [-0.2, -0.15) is 0 Å². The van der Waals surface area contributed by atoms with E-state index in [2.05, 4.69) is 0 Å². The summed E-state index contributed by atoms with van der Waals surface area (Å²) in [6.07, 6.45) is 1.79. The van der Waals surface area contributed by atoms with Crippen LogP contribution in [0.25, 0.3) is 0 Å². The van der Waals surface area contributed by atoms with Crippen molar-refractivity contribution in [1.82, 2.24) is 4.90 Å². The summed E-state index contributed by atoms with van der Waals surface area (Å²) in [6, 6.07) is 0. The van der Waals surface area contributed by atoms with E-state index in [1.165, 1.54) is 4.90 Å². The van der Waals surface area contributed by atoms with Crippen molar-refractivity contribution in [3.8, 4) is 0 Å². The van der Waals surface area contributed by atoms with Gasteiger partial charge in [0.1, 0.15) is 5.92 Å². The van der Waals surface area contributed by atoms with Crippen LogP contribution in [0.2, 0.25) is 0 Å². The Morgan fingerprint density at radius 2 is 2.12 bits per heavy atom. The maximum atomic E-state index is 11.5. The first kappa shape index (κ1) is 12.7. The highest BCUT2D eigenvalue weighted by Gasteiger charge is 2.43. The normalized spacial score (nSPS) is 20.4. The quantitative estimate of drug-likeness (QED) is 0.387. The first-order chi connectivity index (χ1) is 7.61. The molecule has 1 atom stereocenters. The molecule has 0 aromatic rings. The van der Waals surface area contributed by atoms with Crippen molar-refractivity contribution in [3.63, 3.8) is 0 Å². The molecule has 1 saturated heterocycles. The van der Waals surface area contributed by atoms with E-state index in [4.69, 9.17) is 4.74 Å². The molecule has 0 spiro atoms. The second-order valence-corrected chi connectivity index (χ2v) is 3.77. The maximum Gasteiger partial charge on any atom is 0.318 e. The SMILES string of the molecule is CCCCN1CC(C(=O)OCC)C(=O)C1=O. The van der Waals surface area contributed by atoms with Gasteiger partial charge in [0, 0.05) is 13.1 Å². The standard InChI is InChI=1S/C11H17NO4/c1-3-5-6-12-7-8(9(13)10(12)14)11(15)16-4-2/h8H,3-7H2,1-2H3. The number of hydrogen-bond acceptors (Lipinski definition) is 4. The Bertz CT molecular complexity index is 300. The zero-order valence-corrected chi connectivity index (χ0v) is 9.69. The predicted molar refractivity (Wildman–Crippen MR) is 56.6 cm³/mol. The van der Waals surface area contributed by atoms with E-state index in [1.807, 2.05) is 6.92 Å². The minimum Gasteiger partial charge on any atom is -0.465 e. The van der Waals surface area contributed by atoms with Crippen LogP contribution in [0.15, 0.2) is 0 Å². The molecule has 0 saturated carbocycles. The number of esters is 1. The fourth-order valence-corrected chi connectivity index (χ4v) is 1.66. The molecule has 5 heteroatoms. The van der Waals surface area contributed by atoms with Gasteiger partial charge < -0.3 is 9.64 Å². The topological polar surface area (TPSA) is 63.7 Å². The lowest BCUT2D eigenvalue weighted by molar-refractivity contribution is -0.151. The molecule has 0 radical (unpaired) electrons. The molecule has 16 heavy (non-hydrogen) atoms. The highest BCUT2D eigenvalue weighted by Crippen LogP contribution is 2.16. The van der Waals surface area contributed by atoms with Crippen LogP contribution in [0.4, 0.5) is 0 Å². The molecule has 1 unspecified atom stereocenters. The first-order valence-electron chi connectivity index (χ1n) is 5.61. The average Bonchev–Trinajstić information content (AvgIpc) is 2.54. The van der Waals surface area contributed by atoms with Gasteiger partial charge in [0.05, 0.1) is 6.61 Å². The number of amides is 1. The summed E-state index contributed by atoms with van der Waals surface area (Å²) in [6.45, 7) is 4.62. The summed E-state index contributed by atoms with van der Waals surface area (Å²) in [7, 11) is 0. The van der Waals surface area contributed by atoms with Gasteiger partial charge in [-0.25, -0.2) is 0 Å². The lowest BCUT2D eigenvalue weighted by Crippen LogP contribution is -2.28. The van der Waals surface area contributed by atoms with E-state index in [-0.39, 0.29) is 13.2 Å². The largest absolute Gasteiger partial charge is 0.465 e. The van der Waals surface area contributed by atoms with E-state index in [0.717, 1.165) is 12.8 Å². The smallest absolute Gasteiger partial charge is 0.318 e. The monoisotopic (exact) mass is 227 g/mol. The third kappa shape index (κ3) is 2.59. The van der Waals surface area contributed by atoms with Crippen molar-refractivity contribution in [2.75, 3.05) is 19.7 Å². The average molecular weight is 227 g/mol. The zero-order valence-electron chi connectivity index (χ0n) is 9.69. The molecule has 1 amide bonds. The molecule has 1 aliphatic heterocycles. The highest BCUT2D eigenvalue weighted by atomic mass is 16.5. The molecule has 0 aliphatic carbocycles. The van der Waals surface area contributed by atoms with E-state index < -0.39 is 23.6 Å². The minimum atomic E-state index is -0.913. The zero-order chi connectivity index (χ0) is 12.1. The first-order valence-corrected chi connectivity index (χ1v) is 5.61. The van der Waals surface area contributed by atoms with Gasteiger partial charge in [0.15, 0.2) is 0 Å². The molecule has 1 fully saturated rings. The van der Waals surface area contributed by atoms with Gasteiger partial charge >= 0.3 is 5.97 Å². The summed E-state index contributed by atoms with van der Waals surface area (Å²) in [5.74, 6) is -2.68. The second-order valence-electron chi connectivity index (χ2n) is 3.77. The fraction of sp³-hybridized carbons (Fsp3) is 0.727. The summed E-state index contributed by atoms with van der Waals surface area (Å²) in [4.78, 5) is 35.8. The van der Waals surface area contributed by atoms with Gasteiger partial charge in [-0.1, -0.05) is 13.3 Å². The van der Waals surface area contributed by atoms with Crippen molar-refractivity contribution < 1.29 is 19.1 Å². The number of ketones is 1. The summed E-state index contributed by atoms with van der Waals surface area (Å²) < 4.78 is 4.76. The van der Waals surface area contributed by atoms with Crippen LogP contribution in [0.5, 0.6) is 0 Å². The Hall–Kier alpha value is -1.39. The fourth-order valence-electron chi connectivity index (χ4n) is 1.66. The molecule has 1 aliphatic rings. The van der Waals surface area contributed by atoms with E-state index in [0.29, 0.717) is 6.54 Å². The molecular formula is C11H17NO4. The summed E-state index contributed by atoms with van der Waals surface area (Å²) >= 11 is 0. The lowest BCUT2D eigenvalue weighted by Gasteiger charge is -2.14. The summed E-state index contributed by atoms with van der Waals surface area (Å²) in [5, 5.41) is 0. The molecule has 0 N–H and O–H groups in total. The molecule has 1 rings (SSSR count). The third-order valence-corrected chi connectivity index (χ3v) is 2.57. The number of ether oxygens (including phenoxy) is 1. The molecule has 5 nitrogen and oxygen atoms in total. The Labute approximate surface area is 94.7 Å². The van der Waals surface area contributed by atoms with Gasteiger partial charge in [0.2, 0.25) is 5.78 Å². The number of Topliss-reactive ketones (excluding diaryl/α,β-unsaturated/α-hetero) is 1. The van der Waals surface area contributed by atoms with Crippen molar-refractivity contribution in [2.45, 2.75) is 26.7 Å². The predicted octanol–water partition coefficient (Wildman–Crippen LogP) is 0.377. The molecular weight excluding hydrogens is 210 g/mol. The van der Waals surface area contributed by atoms with Crippen LogP contribution in [0.3, 0.4) is 0 Å². The minimum absolute atomic E-state index is 0.177. The van der Waals surface area contributed by atoms with Crippen LogP contribution in [-0.2, 0) is 19.1 Å². The Kier molecular flexibility index (Phi) is 4.46. The van der Waals surface area contributed by atoms with Crippen LogP contribution < -0.4 is 0 Å². The van der Waals surface area contributed by atoms with Crippen molar-refractivity contribution in [3.05, 3.63) is 0 Å². The number of likely N-dealkylation sites (tertiary alicyclic amines) is 1. The highest BCUT2D eigenvalue weighted by molar-refractivity contribution is 6.42. The number of hydrogen-bond donors (Lipinski definition) is 0. The lowest BCUT2D eigenvalue weighted by atomic mass is 10.1. The van der Waals surface area contributed by atoms with Crippen molar-refractivity contribution in [1.29, 1.82) is 0 Å². The third-order valence-electron chi connectivity index (χ3n) is 2.57. The Morgan fingerprint density at radius 3 is 2.69 bits per heavy atom. The second kappa shape index (κ2) is 5.63. The summed E-state index contributed by atoms with van der Waals surface area (Å²) in [5.41, 5.74) is 0. The van der Waals surface area contributed by atoms with Crippen LogP contribution in [-0.4, -0.2) is 42.3 Å². The molecule has 90 valence electrons. The molecule has 0 aromatic heterocycles. The Balaban J connectivity index is 2.60. The van der Waals surface area contributed by atoms with E-state index >= 15 is 0 Å². The molecule has 0 bridgehead atoms. The number of rotatable bonds is 5. The number of nitrogens with zero attached hydrogens (tertiary/aromatic N) is 1. The number of carbonyl (C=O) groups excluding carboxylic acids is 3. The maximum absolute atomic E-state index is 11.5. The van der Waals surface area contributed by atoms with E-state index in [9.17, 15) is 14.4 Å². The van der Waals surface area contributed by atoms with Gasteiger partial charge in [-0.05, 0) is 13.3 Å².